The first-order valence-corrected chi connectivity index (χ1v) is 6.49. The van der Waals surface area contributed by atoms with Gasteiger partial charge < -0.3 is 15.0 Å². The van der Waals surface area contributed by atoms with Gasteiger partial charge in [-0.2, -0.15) is 0 Å². The average Bonchev–Trinajstić information content (AvgIpc) is 2.56. The molecule has 1 fully saturated rings. The normalized spacial score (nSPS) is 18.9. The maximum absolute atomic E-state index is 5.83. The van der Waals surface area contributed by atoms with Crippen molar-refractivity contribution in [3.8, 4) is 0 Å². The largest absolute Gasteiger partial charge is 0.372 e. The Morgan fingerprint density at radius 3 is 2.85 bits per heavy atom. The van der Waals surface area contributed by atoms with Gasteiger partial charge in [0.2, 0.25) is 0 Å². The Labute approximate surface area is 117 Å². The first-order chi connectivity index (χ1) is 9.88. The summed E-state index contributed by atoms with van der Waals surface area (Å²) in [5.41, 5.74) is 0.823. The van der Waals surface area contributed by atoms with Crippen LogP contribution in [0.5, 0.6) is 0 Å². The number of morpholine rings is 1. The van der Waals surface area contributed by atoms with E-state index in [9.17, 15) is 0 Å². The van der Waals surface area contributed by atoms with E-state index in [1.165, 1.54) is 0 Å². The van der Waals surface area contributed by atoms with Gasteiger partial charge in [-0.1, -0.05) is 0 Å². The van der Waals surface area contributed by atoms with Crippen molar-refractivity contribution < 1.29 is 4.74 Å². The third-order valence-corrected chi connectivity index (χ3v) is 3.21. The van der Waals surface area contributed by atoms with Gasteiger partial charge in [0.25, 0.3) is 0 Å². The number of anilines is 2. The van der Waals surface area contributed by atoms with Crippen molar-refractivity contribution in [1.82, 2.24) is 19.9 Å². The van der Waals surface area contributed by atoms with Crippen molar-refractivity contribution in [2.24, 2.45) is 0 Å². The molecule has 0 spiro atoms. The van der Waals surface area contributed by atoms with E-state index in [1.807, 2.05) is 7.05 Å². The monoisotopic (exact) mass is 272 g/mol. The van der Waals surface area contributed by atoms with E-state index >= 15 is 0 Å². The SMILES string of the molecule is CNc1nccnc1C1CN(c2cnccn2)CCO1. The lowest BCUT2D eigenvalue weighted by Crippen LogP contribution is -2.39. The lowest BCUT2D eigenvalue weighted by molar-refractivity contribution is 0.0370. The minimum atomic E-state index is -0.123. The molecule has 3 heterocycles. The zero-order valence-corrected chi connectivity index (χ0v) is 11.2. The third-order valence-electron chi connectivity index (χ3n) is 3.21. The molecular weight excluding hydrogens is 256 g/mol. The number of nitrogens with one attached hydrogen (secondary N) is 1. The first kappa shape index (κ1) is 12.7. The van der Waals surface area contributed by atoms with Gasteiger partial charge in [0.05, 0.1) is 19.3 Å². The topological polar surface area (TPSA) is 76.1 Å². The molecule has 1 atom stereocenters. The molecule has 1 unspecified atom stereocenters. The van der Waals surface area contributed by atoms with E-state index in [0.29, 0.717) is 13.2 Å². The molecule has 1 N–H and O–H groups in total. The van der Waals surface area contributed by atoms with Gasteiger partial charge in [-0.25, -0.2) is 9.97 Å². The Morgan fingerprint density at radius 2 is 2.05 bits per heavy atom. The lowest BCUT2D eigenvalue weighted by Gasteiger charge is -2.33. The molecular formula is C13H16N6O. The highest BCUT2D eigenvalue weighted by Crippen LogP contribution is 2.26. The Hall–Kier alpha value is -2.28. The van der Waals surface area contributed by atoms with E-state index in [-0.39, 0.29) is 6.10 Å². The minimum Gasteiger partial charge on any atom is -0.372 e. The molecule has 0 aromatic carbocycles. The molecule has 2 aromatic rings. The van der Waals surface area contributed by atoms with Crippen molar-refractivity contribution in [3.63, 3.8) is 0 Å². The quantitative estimate of drug-likeness (QED) is 0.889. The molecule has 1 aliphatic rings. The fourth-order valence-electron chi connectivity index (χ4n) is 2.25. The molecule has 2 aromatic heterocycles. The molecule has 0 radical (unpaired) electrons. The predicted molar refractivity (Wildman–Crippen MR) is 74.5 cm³/mol. The summed E-state index contributed by atoms with van der Waals surface area (Å²) >= 11 is 0. The number of hydrogen-bond acceptors (Lipinski definition) is 7. The summed E-state index contributed by atoms with van der Waals surface area (Å²) in [6.45, 7) is 2.11. The minimum absolute atomic E-state index is 0.123. The summed E-state index contributed by atoms with van der Waals surface area (Å²) in [4.78, 5) is 19.2. The molecule has 0 aliphatic carbocycles. The molecule has 7 nitrogen and oxygen atoms in total. The Bertz CT molecular complexity index is 564. The highest BCUT2D eigenvalue weighted by molar-refractivity contribution is 5.42. The van der Waals surface area contributed by atoms with Crippen LogP contribution in [0.1, 0.15) is 11.8 Å². The van der Waals surface area contributed by atoms with Crippen LogP contribution < -0.4 is 10.2 Å². The van der Waals surface area contributed by atoms with Crippen LogP contribution in [0, 0.1) is 0 Å². The van der Waals surface area contributed by atoms with Crippen LogP contribution in [0.15, 0.2) is 31.0 Å². The van der Waals surface area contributed by atoms with Crippen molar-refractivity contribution in [2.75, 3.05) is 37.0 Å². The van der Waals surface area contributed by atoms with Crippen LogP contribution in [0.2, 0.25) is 0 Å². The van der Waals surface area contributed by atoms with Gasteiger partial charge in [-0.15, -0.1) is 0 Å². The molecule has 1 saturated heterocycles. The van der Waals surface area contributed by atoms with Crippen molar-refractivity contribution in [2.45, 2.75) is 6.10 Å². The summed E-state index contributed by atoms with van der Waals surface area (Å²) in [5.74, 6) is 1.61. The molecule has 0 bridgehead atoms. The van der Waals surface area contributed by atoms with Crippen molar-refractivity contribution >= 4 is 11.6 Å². The van der Waals surface area contributed by atoms with E-state index < -0.39 is 0 Å². The fraction of sp³-hybridized carbons (Fsp3) is 0.385. The van der Waals surface area contributed by atoms with Crippen LogP contribution in [0.4, 0.5) is 11.6 Å². The van der Waals surface area contributed by atoms with Crippen molar-refractivity contribution in [3.05, 3.63) is 36.7 Å². The van der Waals surface area contributed by atoms with Gasteiger partial charge in [-0.3, -0.25) is 9.97 Å². The van der Waals surface area contributed by atoms with E-state index in [1.54, 1.807) is 31.0 Å². The molecule has 104 valence electrons. The Kier molecular flexibility index (Phi) is 3.69. The van der Waals surface area contributed by atoms with Gasteiger partial charge in [0.15, 0.2) is 0 Å². The second kappa shape index (κ2) is 5.79. The van der Waals surface area contributed by atoms with Crippen LogP contribution in [0.25, 0.3) is 0 Å². The van der Waals surface area contributed by atoms with Gasteiger partial charge >= 0.3 is 0 Å². The molecule has 0 saturated carbocycles. The first-order valence-electron chi connectivity index (χ1n) is 6.49. The fourth-order valence-corrected chi connectivity index (χ4v) is 2.25. The van der Waals surface area contributed by atoms with E-state index in [4.69, 9.17) is 4.74 Å². The Morgan fingerprint density at radius 1 is 1.20 bits per heavy atom. The van der Waals surface area contributed by atoms with Crippen LogP contribution in [-0.4, -0.2) is 46.7 Å². The van der Waals surface area contributed by atoms with Crippen molar-refractivity contribution in [1.29, 1.82) is 0 Å². The highest BCUT2D eigenvalue weighted by atomic mass is 16.5. The van der Waals surface area contributed by atoms with E-state index in [0.717, 1.165) is 23.9 Å². The highest BCUT2D eigenvalue weighted by Gasteiger charge is 2.26. The zero-order chi connectivity index (χ0) is 13.8. The van der Waals surface area contributed by atoms with E-state index in [2.05, 4.69) is 30.2 Å². The van der Waals surface area contributed by atoms with Gasteiger partial charge in [0, 0.05) is 38.4 Å². The number of hydrogen-bond donors (Lipinski definition) is 1. The number of rotatable bonds is 3. The molecule has 0 amide bonds. The van der Waals surface area contributed by atoms with Crippen LogP contribution >= 0.6 is 0 Å². The van der Waals surface area contributed by atoms with Gasteiger partial charge in [-0.05, 0) is 0 Å². The average molecular weight is 272 g/mol. The smallest absolute Gasteiger partial charge is 0.150 e. The van der Waals surface area contributed by atoms with Crippen LogP contribution in [0.3, 0.4) is 0 Å². The zero-order valence-electron chi connectivity index (χ0n) is 11.2. The molecule has 20 heavy (non-hydrogen) atoms. The van der Waals surface area contributed by atoms with Crippen LogP contribution in [-0.2, 0) is 4.74 Å². The standard InChI is InChI=1S/C13H16N6O/c1-14-13-12(17-4-5-18-13)10-9-19(6-7-20-10)11-8-15-2-3-16-11/h2-5,8,10H,6-7,9H2,1H3,(H,14,18). The molecule has 3 rings (SSSR count). The Balaban J connectivity index is 1.82. The second-order valence-electron chi connectivity index (χ2n) is 4.41. The predicted octanol–water partition coefficient (Wildman–Crippen LogP) is 0.886. The summed E-state index contributed by atoms with van der Waals surface area (Å²) in [6, 6.07) is 0. The summed E-state index contributed by atoms with van der Waals surface area (Å²) in [5, 5.41) is 3.05. The maximum Gasteiger partial charge on any atom is 0.150 e. The molecule has 7 heteroatoms. The number of nitrogens with zero attached hydrogens (tertiary/aromatic N) is 5. The lowest BCUT2D eigenvalue weighted by atomic mass is 10.2. The number of aromatic nitrogens is 4. The summed E-state index contributed by atoms with van der Waals surface area (Å²) < 4.78 is 5.83. The maximum atomic E-state index is 5.83. The third kappa shape index (κ3) is 2.53. The second-order valence-corrected chi connectivity index (χ2v) is 4.41. The molecule has 1 aliphatic heterocycles. The van der Waals surface area contributed by atoms with Gasteiger partial charge in [0.1, 0.15) is 23.4 Å². The summed E-state index contributed by atoms with van der Waals surface area (Å²) in [7, 11) is 1.83. The summed E-state index contributed by atoms with van der Waals surface area (Å²) in [6.07, 6.45) is 8.35. The number of ether oxygens (including phenoxy) is 1.